The minimum atomic E-state index is -1.26. The minimum absolute atomic E-state index is 0.0398. The van der Waals surface area contributed by atoms with Crippen molar-refractivity contribution >= 4 is 17.0 Å². The van der Waals surface area contributed by atoms with Crippen LogP contribution < -0.4 is 17.2 Å². The summed E-state index contributed by atoms with van der Waals surface area (Å²) in [4.78, 5) is 18.3. The molecule has 3 heterocycles. The zero-order chi connectivity index (χ0) is 19.8. The molecule has 4 rings (SSSR count). The maximum Gasteiger partial charge on any atom is 0.167 e. The molecular formula is C17H25N7O4. The Morgan fingerprint density at radius 1 is 1.25 bits per heavy atom. The molecule has 11 nitrogen and oxygen atoms in total. The third kappa shape index (κ3) is 3.20. The summed E-state index contributed by atoms with van der Waals surface area (Å²) in [6.45, 7) is 3.65. The fourth-order valence-corrected chi connectivity index (χ4v) is 3.97. The summed E-state index contributed by atoms with van der Waals surface area (Å²) in [5.41, 5.74) is 8.97. The summed E-state index contributed by atoms with van der Waals surface area (Å²) in [7, 11) is 0. The number of fused-ring (bicyclic) bond motifs is 1. The van der Waals surface area contributed by atoms with Gasteiger partial charge >= 0.3 is 0 Å². The normalized spacial score (nSPS) is 28.7. The predicted octanol–water partition coefficient (Wildman–Crippen LogP) is -0.0160. The van der Waals surface area contributed by atoms with E-state index in [4.69, 9.17) is 21.2 Å². The number of rotatable bonds is 5. The lowest BCUT2D eigenvalue weighted by molar-refractivity contribution is -0.0497. The Bertz CT molecular complexity index is 867. The second-order valence-electron chi connectivity index (χ2n) is 7.24. The number of nitrogens with one attached hydrogen (secondary N) is 1. The Morgan fingerprint density at radius 2 is 2.00 bits per heavy atom. The molecule has 4 atom stereocenters. The average Bonchev–Trinajstić information content (AvgIpc) is 3.25. The van der Waals surface area contributed by atoms with Crippen LogP contribution in [0, 0.1) is 0 Å². The van der Waals surface area contributed by atoms with Crippen molar-refractivity contribution in [1.29, 1.82) is 0 Å². The smallest absolute Gasteiger partial charge is 0.167 e. The molecule has 1 saturated carbocycles. The molecule has 2 aliphatic rings. The van der Waals surface area contributed by atoms with Crippen LogP contribution in [-0.2, 0) is 9.57 Å². The van der Waals surface area contributed by atoms with Gasteiger partial charge in [-0.25, -0.2) is 20.8 Å². The summed E-state index contributed by atoms with van der Waals surface area (Å²) in [6.07, 6.45) is 2.56. The van der Waals surface area contributed by atoms with E-state index in [0.29, 0.717) is 17.0 Å². The lowest BCUT2D eigenvalue weighted by Gasteiger charge is -2.21. The number of anilines is 1. The first-order chi connectivity index (χ1) is 13.5. The van der Waals surface area contributed by atoms with E-state index in [1.165, 1.54) is 12.7 Å². The zero-order valence-electron chi connectivity index (χ0n) is 15.4. The van der Waals surface area contributed by atoms with Gasteiger partial charge < -0.3 is 25.5 Å². The van der Waals surface area contributed by atoms with Gasteiger partial charge in [-0.05, 0) is 12.8 Å². The SMILES string of the molecule is C=C(ONN)[C@H]1O[C@@H](n2cnc3c(N)nc(C4CCCCC4)nc32)[C@H](O)[C@@H]1O. The molecular weight excluding hydrogens is 366 g/mol. The Kier molecular flexibility index (Phi) is 5.17. The number of imidazole rings is 1. The number of nitrogens with zero attached hydrogens (tertiary/aromatic N) is 4. The van der Waals surface area contributed by atoms with E-state index in [2.05, 4.69) is 21.5 Å². The lowest BCUT2D eigenvalue weighted by Crippen LogP contribution is -2.35. The number of aromatic nitrogens is 4. The van der Waals surface area contributed by atoms with E-state index < -0.39 is 24.5 Å². The van der Waals surface area contributed by atoms with Crippen molar-refractivity contribution in [2.45, 2.75) is 62.6 Å². The molecule has 2 aromatic heterocycles. The Labute approximate surface area is 161 Å². The van der Waals surface area contributed by atoms with Crippen LogP contribution in [-0.4, -0.2) is 48.0 Å². The van der Waals surface area contributed by atoms with Gasteiger partial charge in [-0.1, -0.05) is 31.4 Å². The van der Waals surface area contributed by atoms with Crippen LogP contribution >= 0.6 is 0 Å². The van der Waals surface area contributed by atoms with Crippen molar-refractivity contribution in [3.63, 3.8) is 0 Å². The van der Waals surface area contributed by atoms with Gasteiger partial charge in [0.05, 0.1) is 6.33 Å². The molecule has 2 aromatic rings. The first-order valence-corrected chi connectivity index (χ1v) is 9.34. The molecule has 0 aromatic carbocycles. The van der Waals surface area contributed by atoms with E-state index >= 15 is 0 Å². The fourth-order valence-electron chi connectivity index (χ4n) is 3.97. The first kappa shape index (κ1) is 19.0. The topological polar surface area (TPSA) is 167 Å². The predicted molar refractivity (Wildman–Crippen MR) is 99.0 cm³/mol. The molecule has 11 heteroatoms. The van der Waals surface area contributed by atoms with E-state index in [0.717, 1.165) is 25.7 Å². The fraction of sp³-hybridized carbons (Fsp3) is 0.588. The van der Waals surface area contributed by atoms with Crippen molar-refractivity contribution in [3.05, 3.63) is 24.5 Å². The number of nitrogen functional groups attached to an aromatic ring is 1. The van der Waals surface area contributed by atoms with Crippen molar-refractivity contribution in [2.75, 3.05) is 5.73 Å². The summed E-state index contributed by atoms with van der Waals surface area (Å²) in [5, 5.41) is 20.9. The van der Waals surface area contributed by atoms with Crippen LogP contribution in [0.3, 0.4) is 0 Å². The largest absolute Gasteiger partial charge is 0.396 e. The highest BCUT2D eigenvalue weighted by atomic mass is 16.7. The van der Waals surface area contributed by atoms with Crippen molar-refractivity contribution in [2.24, 2.45) is 5.84 Å². The minimum Gasteiger partial charge on any atom is -0.396 e. The van der Waals surface area contributed by atoms with Crippen LogP contribution in [0.2, 0.25) is 0 Å². The van der Waals surface area contributed by atoms with Gasteiger partial charge in [0.25, 0.3) is 0 Å². The molecule has 0 bridgehead atoms. The molecule has 0 unspecified atom stereocenters. The Hall–Kier alpha value is -2.31. The highest BCUT2D eigenvalue weighted by Crippen LogP contribution is 2.36. The summed E-state index contributed by atoms with van der Waals surface area (Å²) < 4.78 is 7.33. The highest BCUT2D eigenvalue weighted by molar-refractivity contribution is 5.81. The highest BCUT2D eigenvalue weighted by Gasteiger charge is 2.46. The van der Waals surface area contributed by atoms with E-state index in [1.807, 2.05) is 5.59 Å². The molecule has 1 aliphatic carbocycles. The van der Waals surface area contributed by atoms with Gasteiger partial charge in [0.2, 0.25) is 0 Å². The Balaban J connectivity index is 1.68. The second kappa shape index (κ2) is 7.60. The lowest BCUT2D eigenvalue weighted by atomic mass is 9.89. The van der Waals surface area contributed by atoms with Crippen LogP contribution in [0.25, 0.3) is 11.2 Å². The van der Waals surface area contributed by atoms with Crippen LogP contribution in [0.5, 0.6) is 0 Å². The number of hydrazine groups is 1. The maximum atomic E-state index is 10.5. The summed E-state index contributed by atoms with van der Waals surface area (Å²) in [6, 6.07) is 0. The molecule has 0 radical (unpaired) electrons. The van der Waals surface area contributed by atoms with Crippen molar-refractivity contribution < 1.29 is 19.8 Å². The van der Waals surface area contributed by atoms with Gasteiger partial charge in [-0.3, -0.25) is 4.57 Å². The maximum absolute atomic E-state index is 10.5. The molecule has 1 aliphatic heterocycles. The number of hydrogen-bond donors (Lipinski definition) is 5. The van der Waals surface area contributed by atoms with Gasteiger partial charge in [0.15, 0.2) is 23.5 Å². The zero-order valence-corrected chi connectivity index (χ0v) is 15.4. The van der Waals surface area contributed by atoms with Gasteiger partial charge in [-0.15, -0.1) is 0 Å². The number of hydrogen-bond acceptors (Lipinski definition) is 10. The van der Waals surface area contributed by atoms with Crippen LogP contribution in [0.4, 0.5) is 5.82 Å². The van der Waals surface area contributed by atoms with Crippen molar-refractivity contribution in [3.8, 4) is 0 Å². The number of aliphatic hydroxyl groups excluding tert-OH is 2. The molecule has 152 valence electrons. The molecule has 28 heavy (non-hydrogen) atoms. The molecule has 2 fully saturated rings. The summed E-state index contributed by atoms with van der Waals surface area (Å²) >= 11 is 0. The first-order valence-electron chi connectivity index (χ1n) is 9.34. The molecule has 1 saturated heterocycles. The Morgan fingerprint density at radius 3 is 2.71 bits per heavy atom. The number of aliphatic hydroxyl groups is 2. The average molecular weight is 391 g/mol. The van der Waals surface area contributed by atoms with Gasteiger partial charge in [-0.2, -0.15) is 0 Å². The van der Waals surface area contributed by atoms with Crippen LogP contribution in [0.1, 0.15) is 50.1 Å². The second-order valence-corrected chi connectivity index (χ2v) is 7.24. The van der Waals surface area contributed by atoms with Crippen LogP contribution in [0.15, 0.2) is 18.7 Å². The monoisotopic (exact) mass is 391 g/mol. The quantitative estimate of drug-likeness (QED) is 0.265. The summed E-state index contributed by atoms with van der Waals surface area (Å²) in [5.74, 6) is 6.36. The van der Waals surface area contributed by atoms with Gasteiger partial charge in [0.1, 0.15) is 29.7 Å². The van der Waals surface area contributed by atoms with Gasteiger partial charge in [0, 0.05) is 5.92 Å². The molecule has 0 amide bonds. The van der Waals surface area contributed by atoms with Crippen molar-refractivity contribution in [1.82, 2.24) is 25.1 Å². The molecule has 7 N–H and O–H groups in total. The molecule has 0 spiro atoms. The van der Waals surface area contributed by atoms with E-state index in [9.17, 15) is 10.2 Å². The van der Waals surface area contributed by atoms with E-state index in [1.54, 1.807) is 4.57 Å². The van der Waals surface area contributed by atoms with E-state index in [-0.39, 0.29) is 17.5 Å². The third-order valence-corrected chi connectivity index (χ3v) is 5.46. The number of ether oxygens (including phenoxy) is 1. The third-order valence-electron chi connectivity index (χ3n) is 5.46. The number of nitrogens with two attached hydrogens (primary N) is 2. The standard InChI is InChI=1S/C17H25N7O4/c1-8(28-23-19)13-11(25)12(26)17(27-13)24-7-20-10-14(18)21-15(22-16(10)24)9-5-3-2-4-6-9/h7,9,11-13,17,23,25-26H,1-6,19H2,(H2,18,21,22)/t11-,12+,13+,17+/m0/s1.